The van der Waals surface area contributed by atoms with E-state index >= 15 is 0 Å². The topological polar surface area (TPSA) is 62.1 Å². The molecule has 1 N–H and O–H groups in total. The van der Waals surface area contributed by atoms with Crippen LogP contribution in [-0.2, 0) is 28.8 Å². The van der Waals surface area contributed by atoms with Crippen molar-refractivity contribution in [2.45, 2.75) is 84.0 Å². The fourth-order valence-electron chi connectivity index (χ4n) is 5.54. The van der Waals surface area contributed by atoms with E-state index in [1.54, 1.807) is 19.1 Å². The van der Waals surface area contributed by atoms with Gasteiger partial charge in [0.1, 0.15) is 6.10 Å². The Morgan fingerprint density at radius 2 is 1.82 bits per heavy atom. The summed E-state index contributed by atoms with van der Waals surface area (Å²) in [7, 11) is 0. The second-order valence-corrected chi connectivity index (χ2v) is 10.7. The van der Waals surface area contributed by atoms with Crippen LogP contribution in [0.1, 0.15) is 98.3 Å². The molecular weight excluding hydrogens is 493 g/mol. The first-order valence-electron chi connectivity index (χ1n) is 13.6. The molecule has 206 valence electrons. The maximum atomic E-state index is 13.9. The zero-order valence-electron chi connectivity index (χ0n) is 22.4. The second-order valence-electron chi connectivity index (χ2n) is 10.7. The molecule has 2 aliphatic rings. The van der Waals surface area contributed by atoms with Crippen LogP contribution >= 0.6 is 0 Å². The normalized spacial score (nSPS) is 18.7. The number of hydrogen-bond donors (Lipinski definition) is 1. The molecule has 2 fully saturated rings. The molecule has 0 radical (unpaired) electrons. The van der Waals surface area contributed by atoms with Crippen LogP contribution in [0.3, 0.4) is 0 Å². The molecule has 2 aromatic carbocycles. The Morgan fingerprint density at radius 3 is 2.45 bits per heavy atom. The molecule has 0 aromatic heterocycles. The fraction of sp³-hybridized carbons (Fsp3) is 0.533. The number of halogens is 3. The van der Waals surface area contributed by atoms with E-state index in [0.717, 1.165) is 55.2 Å². The van der Waals surface area contributed by atoms with E-state index in [9.17, 15) is 18.0 Å². The zero-order valence-corrected chi connectivity index (χ0v) is 22.4. The molecular formula is C30H37F3N2O3. The van der Waals surface area contributed by atoms with Gasteiger partial charge in [0.15, 0.2) is 0 Å². The van der Waals surface area contributed by atoms with Crippen molar-refractivity contribution in [2.24, 2.45) is 11.1 Å². The SMILES string of the molecule is CCc1cc(C(C)=NOC(C)c2ccc(C3CCCCC3)c(C(F)(F)F)c2)ccc1CN1CC(C(=O)O)C1. The summed E-state index contributed by atoms with van der Waals surface area (Å²) in [6.07, 6.45) is 0.413. The molecule has 0 spiro atoms. The highest BCUT2D eigenvalue weighted by Gasteiger charge is 2.36. The van der Waals surface area contributed by atoms with Crippen molar-refractivity contribution in [1.82, 2.24) is 4.90 Å². The van der Waals surface area contributed by atoms with Gasteiger partial charge in [0.2, 0.25) is 0 Å². The summed E-state index contributed by atoms with van der Waals surface area (Å²) in [6.45, 7) is 7.43. The van der Waals surface area contributed by atoms with Crippen LogP contribution in [0.2, 0.25) is 0 Å². The van der Waals surface area contributed by atoms with Gasteiger partial charge in [-0.1, -0.05) is 55.6 Å². The predicted molar refractivity (Wildman–Crippen MR) is 141 cm³/mol. The summed E-state index contributed by atoms with van der Waals surface area (Å²) in [4.78, 5) is 18.9. The van der Waals surface area contributed by atoms with Crippen LogP contribution in [-0.4, -0.2) is 34.8 Å². The third-order valence-corrected chi connectivity index (χ3v) is 7.95. The van der Waals surface area contributed by atoms with Crippen LogP contribution in [0.15, 0.2) is 41.6 Å². The van der Waals surface area contributed by atoms with Crippen LogP contribution < -0.4 is 0 Å². The van der Waals surface area contributed by atoms with E-state index in [1.165, 1.54) is 6.07 Å². The average Bonchev–Trinajstić information content (AvgIpc) is 2.88. The standard InChI is InChI=1S/C30H37F3N2O3/c1-4-21-14-23(10-11-25(21)16-35-17-26(18-35)29(36)37)19(2)34-38-20(3)24-12-13-27(22-8-6-5-7-9-22)28(15-24)30(31,32)33/h10-15,20,22,26H,4-9,16-18H2,1-3H3,(H,36,37). The maximum Gasteiger partial charge on any atom is 0.416 e. The lowest BCUT2D eigenvalue weighted by Crippen LogP contribution is -2.49. The first kappa shape index (κ1) is 28.1. The molecule has 38 heavy (non-hydrogen) atoms. The lowest BCUT2D eigenvalue weighted by molar-refractivity contribution is -0.147. The maximum absolute atomic E-state index is 13.9. The van der Waals surface area contributed by atoms with Crippen molar-refractivity contribution in [3.05, 3.63) is 69.8 Å². The first-order valence-corrected chi connectivity index (χ1v) is 13.6. The smallest absolute Gasteiger partial charge is 0.416 e. The van der Waals surface area contributed by atoms with Crippen molar-refractivity contribution in [3.63, 3.8) is 0 Å². The summed E-state index contributed by atoms with van der Waals surface area (Å²) in [5.74, 6) is -1.08. The number of alkyl halides is 3. The summed E-state index contributed by atoms with van der Waals surface area (Å²) < 4.78 is 41.8. The van der Waals surface area contributed by atoms with Gasteiger partial charge in [0.25, 0.3) is 0 Å². The highest BCUT2D eigenvalue weighted by atomic mass is 19.4. The third kappa shape index (κ3) is 6.57. The molecule has 1 heterocycles. The van der Waals surface area contributed by atoms with Crippen molar-refractivity contribution in [1.29, 1.82) is 0 Å². The number of aryl methyl sites for hydroxylation is 1. The Labute approximate surface area is 222 Å². The fourth-order valence-corrected chi connectivity index (χ4v) is 5.54. The Bertz CT molecular complexity index is 1170. The van der Waals surface area contributed by atoms with Gasteiger partial charge in [-0.2, -0.15) is 13.2 Å². The van der Waals surface area contributed by atoms with E-state index in [0.29, 0.717) is 36.5 Å². The van der Waals surface area contributed by atoms with Crippen LogP contribution in [0.4, 0.5) is 13.2 Å². The molecule has 1 saturated heterocycles. The molecule has 0 bridgehead atoms. The van der Waals surface area contributed by atoms with Gasteiger partial charge < -0.3 is 9.94 Å². The van der Waals surface area contributed by atoms with E-state index in [2.05, 4.69) is 23.0 Å². The van der Waals surface area contributed by atoms with Gasteiger partial charge in [-0.15, -0.1) is 0 Å². The summed E-state index contributed by atoms with van der Waals surface area (Å²) in [6, 6.07) is 10.6. The Kier molecular flexibility index (Phi) is 8.81. The minimum Gasteiger partial charge on any atom is -0.481 e. The summed E-state index contributed by atoms with van der Waals surface area (Å²) >= 11 is 0. The predicted octanol–water partition coefficient (Wildman–Crippen LogP) is 7.33. The Morgan fingerprint density at radius 1 is 1.11 bits per heavy atom. The number of carboxylic acids is 1. The molecule has 0 amide bonds. The van der Waals surface area contributed by atoms with Crippen LogP contribution in [0, 0.1) is 5.92 Å². The van der Waals surface area contributed by atoms with Gasteiger partial charge in [0, 0.05) is 19.6 Å². The second kappa shape index (κ2) is 11.9. The molecule has 1 saturated carbocycles. The molecule has 4 rings (SSSR count). The van der Waals surface area contributed by atoms with E-state index in [1.807, 2.05) is 19.1 Å². The number of carboxylic acid groups (broad SMARTS) is 1. The van der Waals surface area contributed by atoms with Crippen molar-refractivity contribution in [3.8, 4) is 0 Å². The van der Waals surface area contributed by atoms with Gasteiger partial charge in [-0.25, -0.2) is 0 Å². The monoisotopic (exact) mass is 530 g/mol. The molecule has 1 unspecified atom stereocenters. The minimum atomic E-state index is -4.41. The van der Waals surface area contributed by atoms with Crippen molar-refractivity contribution in [2.75, 3.05) is 13.1 Å². The van der Waals surface area contributed by atoms with E-state index in [-0.39, 0.29) is 11.8 Å². The van der Waals surface area contributed by atoms with E-state index < -0.39 is 23.8 Å². The Balaban J connectivity index is 1.45. The first-order chi connectivity index (χ1) is 18.1. The van der Waals surface area contributed by atoms with Gasteiger partial charge in [0.05, 0.1) is 17.2 Å². The van der Waals surface area contributed by atoms with Crippen molar-refractivity contribution < 1.29 is 27.9 Å². The minimum absolute atomic E-state index is 0.0404. The highest BCUT2D eigenvalue weighted by molar-refractivity contribution is 5.98. The molecule has 5 nitrogen and oxygen atoms in total. The number of nitrogens with zero attached hydrogens (tertiary/aromatic N) is 2. The summed E-state index contributed by atoms with van der Waals surface area (Å²) in [5.41, 5.74) is 4.12. The number of benzene rings is 2. The highest BCUT2D eigenvalue weighted by Crippen LogP contribution is 2.41. The molecule has 2 aromatic rings. The molecule has 1 aliphatic carbocycles. The number of carbonyl (C=O) groups is 1. The third-order valence-electron chi connectivity index (χ3n) is 7.95. The molecule has 1 aliphatic heterocycles. The Hall–Kier alpha value is -2.87. The van der Waals surface area contributed by atoms with Gasteiger partial charge >= 0.3 is 12.1 Å². The van der Waals surface area contributed by atoms with Crippen molar-refractivity contribution >= 4 is 11.7 Å². The van der Waals surface area contributed by atoms with Crippen LogP contribution in [0.5, 0.6) is 0 Å². The lowest BCUT2D eigenvalue weighted by atomic mass is 9.81. The van der Waals surface area contributed by atoms with Gasteiger partial charge in [-0.05, 0) is 79.0 Å². The largest absolute Gasteiger partial charge is 0.481 e. The van der Waals surface area contributed by atoms with Crippen LogP contribution in [0.25, 0.3) is 0 Å². The van der Waals surface area contributed by atoms with Gasteiger partial charge in [-0.3, -0.25) is 9.69 Å². The molecule has 1 atom stereocenters. The summed E-state index contributed by atoms with van der Waals surface area (Å²) in [5, 5.41) is 13.3. The molecule has 8 heteroatoms. The number of oxime groups is 1. The lowest BCUT2D eigenvalue weighted by Gasteiger charge is -2.37. The number of hydrogen-bond acceptors (Lipinski definition) is 4. The number of aliphatic carboxylic acids is 1. The number of rotatable bonds is 9. The zero-order chi connectivity index (χ0) is 27.4. The van der Waals surface area contributed by atoms with E-state index in [4.69, 9.17) is 9.94 Å². The quantitative estimate of drug-likeness (QED) is 0.272. The average molecular weight is 531 g/mol. The number of likely N-dealkylation sites (tertiary alicyclic amines) is 1.